The third kappa shape index (κ3) is 3.37. The lowest BCUT2D eigenvalue weighted by molar-refractivity contribution is 0.355. The molecule has 0 radical (unpaired) electrons. The van der Waals surface area contributed by atoms with Crippen LogP contribution in [0.15, 0.2) is 51.5 Å². The predicted octanol–water partition coefficient (Wildman–Crippen LogP) is 2.48. The Hall–Kier alpha value is -3.53. The average Bonchev–Trinajstić information content (AvgIpc) is 3.35. The van der Waals surface area contributed by atoms with E-state index in [9.17, 15) is 4.79 Å². The smallest absolute Gasteiger partial charge is 0.442 e. The van der Waals surface area contributed by atoms with Crippen molar-refractivity contribution in [2.24, 2.45) is 0 Å². The van der Waals surface area contributed by atoms with Crippen molar-refractivity contribution in [2.75, 3.05) is 14.2 Å². The van der Waals surface area contributed by atoms with Gasteiger partial charge in [0, 0.05) is 23.3 Å². The Morgan fingerprint density at radius 3 is 2.79 bits per heavy atom. The minimum Gasteiger partial charge on any atom is -0.493 e. The number of nitrogens with zero attached hydrogens (tertiary/aromatic N) is 5. The monoisotopic (exact) mass is 397 g/mol. The molecular weight excluding hydrogens is 382 g/mol. The fourth-order valence-corrected chi connectivity index (χ4v) is 3.46. The van der Waals surface area contributed by atoms with Gasteiger partial charge in [0.1, 0.15) is 10.7 Å². The van der Waals surface area contributed by atoms with E-state index in [0.29, 0.717) is 28.7 Å². The molecule has 0 saturated carbocycles. The van der Waals surface area contributed by atoms with E-state index in [-0.39, 0.29) is 6.54 Å². The highest BCUT2D eigenvalue weighted by molar-refractivity contribution is 7.13. The van der Waals surface area contributed by atoms with Crippen LogP contribution in [0.4, 0.5) is 0 Å². The summed E-state index contributed by atoms with van der Waals surface area (Å²) in [7, 11) is 3.17. The van der Waals surface area contributed by atoms with E-state index in [0.717, 1.165) is 10.6 Å². The Morgan fingerprint density at radius 1 is 1.18 bits per heavy atom. The first-order valence-electron chi connectivity index (χ1n) is 8.19. The van der Waals surface area contributed by atoms with Gasteiger partial charge in [0.25, 0.3) is 0 Å². The molecule has 0 aliphatic carbocycles. The molecule has 0 bridgehead atoms. The van der Waals surface area contributed by atoms with Crippen molar-refractivity contribution < 1.29 is 14.0 Å². The molecule has 0 saturated heterocycles. The normalized spacial score (nSPS) is 10.8. The molecule has 1 aromatic carbocycles. The van der Waals surface area contributed by atoms with Crippen molar-refractivity contribution in [3.8, 4) is 33.6 Å². The first kappa shape index (κ1) is 17.9. The molecule has 9 nitrogen and oxygen atoms in total. The van der Waals surface area contributed by atoms with Crippen LogP contribution in [0, 0.1) is 0 Å². The van der Waals surface area contributed by atoms with Crippen LogP contribution in [0.5, 0.6) is 11.5 Å². The number of rotatable bonds is 6. The topological polar surface area (TPSA) is 105 Å². The summed E-state index contributed by atoms with van der Waals surface area (Å²) in [5, 5.41) is 6.48. The van der Waals surface area contributed by atoms with Crippen LogP contribution in [0.1, 0.15) is 5.69 Å². The zero-order chi connectivity index (χ0) is 19.5. The van der Waals surface area contributed by atoms with Gasteiger partial charge in [0.15, 0.2) is 11.5 Å². The standard InChI is InChI=1S/C18H15N5O4S/c1-25-14-4-3-11(7-15(14)26-2)17-21-12(10-28-17)9-23-16(22-27-18(23)24)13-8-19-5-6-20-13/h3-8,10H,9H2,1-2H3. The van der Waals surface area contributed by atoms with E-state index in [1.165, 1.54) is 28.3 Å². The molecule has 10 heteroatoms. The lowest BCUT2D eigenvalue weighted by atomic mass is 10.2. The molecule has 0 amide bonds. The summed E-state index contributed by atoms with van der Waals surface area (Å²) in [5.74, 6) is 0.990. The van der Waals surface area contributed by atoms with Crippen LogP contribution in [0.25, 0.3) is 22.1 Å². The zero-order valence-corrected chi connectivity index (χ0v) is 15.8. The third-order valence-electron chi connectivity index (χ3n) is 3.98. The molecule has 142 valence electrons. The molecule has 0 aliphatic heterocycles. The second-order valence-corrected chi connectivity index (χ2v) is 6.52. The molecule has 3 heterocycles. The Kier molecular flexibility index (Phi) is 4.85. The van der Waals surface area contributed by atoms with E-state index in [2.05, 4.69) is 20.1 Å². The Labute approximate surface area is 163 Å². The summed E-state index contributed by atoms with van der Waals surface area (Å²) in [6, 6.07) is 5.59. The lowest BCUT2D eigenvalue weighted by Crippen LogP contribution is -2.16. The van der Waals surface area contributed by atoms with Crippen LogP contribution in [0.3, 0.4) is 0 Å². The van der Waals surface area contributed by atoms with E-state index in [4.69, 9.17) is 14.0 Å². The molecule has 0 N–H and O–H groups in total. The van der Waals surface area contributed by atoms with Crippen molar-refractivity contribution in [1.82, 2.24) is 24.7 Å². The van der Waals surface area contributed by atoms with Gasteiger partial charge in [0.2, 0.25) is 5.82 Å². The highest BCUT2D eigenvalue weighted by Crippen LogP contribution is 2.33. The molecule has 0 aliphatic rings. The van der Waals surface area contributed by atoms with Crippen LogP contribution >= 0.6 is 11.3 Å². The Balaban J connectivity index is 1.64. The van der Waals surface area contributed by atoms with Gasteiger partial charge in [-0.3, -0.25) is 9.51 Å². The minimum atomic E-state index is -0.582. The number of thiazole rings is 1. The SMILES string of the molecule is COc1ccc(-c2nc(Cn3c(-c4cnccn4)noc3=O)cs2)cc1OC. The highest BCUT2D eigenvalue weighted by atomic mass is 32.1. The van der Waals surface area contributed by atoms with E-state index < -0.39 is 5.76 Å². The number of ether oxygens (including phenoxy) is 2. The first-order valence-corrected chi connectivity index (χ1v) is 9.07. The molecule has 4 aromatic rings. The van der Waals surface area contributed by atoms with Gasteiger partial charge < -0.3 is 9.47 Å². The molecule has 0 atom stereocenters. The Morgan fingerprint density at radius 2 is 2.04 bits per heavy atom. The summed E-state index contributed by atoms with van der Waals surface area (Å²) < 4.78 is 16.8. The van der Waals surface area contributed by atoms with Crippen molar-refractivity contribution in [2.45, 2.75) is 6.54 Å². The van der Waals surface area contributed by atoms with Crippen molar-refractivity contribution >= 4 is 11.3 Å². The summed E-state index contributed by atoms with van der Waals surface area (Å²) in [6.07, 6.45) is 4.59. The van der Waals surface area contributed by atoms with Gasteiger partial charge in [-0.05, 0) is 18.2 Å². The molecule has 4 rings (SSSR count). The van der Waals surface area contributed by atoms with Gasteiger partial charge >= 0.3 is 5.76 Å². The third-order valence-corrected chi connectivity index (χ3v) is 4.92. The van der Waals surface area contributed by atoms with Crippen molar-refractivity contribution in [3.05, 3.63) is 58.4 Å². The van der Waals surface area contributed by atoms with E-state index in [1.807, 2.05) is 23.6 Å². The van der Waals surface area contributed by atoms with Crippen LogP contribution in [-0.2, 0) is 6.54 Å². The molecular formula is C18H15N5O4S. The van der Waals surface area contributed by atoms with E-state index in [1.54, 1.807) is 20.4 Å². The van der Waals surface area contributed by atoms with Gasteiger partial charge in [-0.1, -0.05) is 5.16 Å². The van der Waals surface area contributed by atoms with Gasteiger partial charge in [-0.2, -0.15) is 0 Å². The quantitative estimate of drug-likeness (QED) is 0.489. The molecule has 3 aromatic heterocycles. The molecule has 28 heavy (non-hydrogen) atoms. The lowest BCUT2D eigenvalue weighted by Gasteiger charge is -2.08. The fraction of sp³-hybridized carbons (Fsp3) is 0.167. The van der Waals surface area contributed by atoms with Crippen molar-refractivity contribution in [1.29, 1.82) is 0 Å². The first-order chi connectivity index (χ1) is 13.7. The summed E-state index contributed by atoms with van der Waals surface area (Å²) in [6.45, 7) is 0.206. The van der Waals surface area contributed by atoms with Crippen molar-refractivity contribution in [3.63, 3.8) is 0 Å². The average molecular weight is 397 g/mol. The maximum absolute atomic E-state index is 12.1. The fourth-order valence-electron chi connectivity index (χ4n) is 2.65. The number of methoxy groups -OCH3 is 2. The zero-order valence-electron chi connectivity index (χ0n) is 15.0. The number of hydrogen-bond donors (Lipinski definition) is 0. The number of aromatic nitrogens is 5. The maximum Gasteiger partial charge on any atom is 0.442 e. The second-order valence-electron chi connectivity index (χ2n) is 5.66. The Bertz CT molecular complexity index is 1150. The minimum absolute atomic E-state index is 0.206. The highest BCUT2D eigenvalue weighted by Gasteiger charge is 2.16. The summed E-state index contributed by atoms with van der Waals surface area (Å²) in [4.78, 5) is 24.9. The maximum atomic E-state index is 12.1. The predicted molar refractivity (Wildman–Crippen MR) is 102 cm³/mol. The van der Waals surface area contributed by atoms with Gasteiger partial charge in [0.05, 0.1) is 32.7 Å². The largest absolute Gasteiger partial charge is 0.493 e. The van der Waals surface area contributed by atoms with Crippen LogP contribution < -0.4 is 15.2 Å². The number of hydrogen-bond acceptors (Lipinski definition) is 9. The van der Waals surface area contributed by atoms with Crippen LogP contribution in [-0.4, -0.2) is 38.9 Å². The van der Waals surface area contributed by atoms with Crippen LogP contribution in [0.2, 0.25) is 0 Å². The molecule has 0 spiro atoms. The van der Waals surface area contributed by atoms with E-state index >= 15 is 0 Å². The number of benzene rings is 1. The molecule has 0 unspecified atom stereocenters. The summed E-state index contributed by atoms with van der Waals surface area (Å²) >= 11 is 1.46. The van der Waals surface area contributed by atoms with Gasteiger partial charge in [-0.25, -0.2) is 19.3 Å². The summed E-state index contributed by atoms with van der Waals surface area (Å²) in [5.41, 5.74) is 2.04. The van der Waals surface area contributed by atoms with Gasteiger partial charge in [-0.15, -0.1) is 11.3 Å². The second kappa shape index (κ2) is 7.61. The molecule has 0 fully saturated rings.